The summed E-state index contributed by atoms with van der Waals surface area (Å²) < 4.78 is 5.15. The van der Waals surface area contributed by atoms with Crippen molar-refractivity contribution in [3.63, 3.8) is 0 Å². The molecular formula is C14H21N3O3. The number of nitrogens with one attached hydrogen (secondary N) is 1. The van der Waals surface area contributed by atoms with Crippen LogP contribution in [0.2, 0.25) is 0 Å². The van der Waals surface area contributed by atoms with Gasteiger partial charge in [-0.25, -0.2) is 0 Å². The van der Waals surface area contributed by atoms with Gasteiger partial charge in [0.2, 0.25) is 0 Å². The molecule has 6 nitrogen and oxygen atoms in total. The average Bonchev–Trinajstić information content (AvgIpc) is 3.10. The number of furan rings is 1. The normalized spacial score (nSPS) is 27.9. The Morgan fingerprint density at radius 2 is 2.20 bits per heavy atom. The predicted octanol–water partition coefficient (Wildman–Crippen LogP) is -0.238. The van der Waals surface area contributed by atoms with Gasteiger partial charge in [0.1, 0.15) is 0 Å². The number of hydrogen-bond acceptors (Lipinski definition) is 5. The maximum Gasteiger partial charge on any atom is 0.289 e. The Balaban J connectivity index is 1.51. The minimum absolute atomic E-state index is 0.0455. The molecule has 2 aliphatic rings. The minimum atomic E-state index is -0.604. The molecule has 2 aliphatic heterocycles. The smallest absolute Gasteiger partial charge is 0.289 e. The van der Waals surface area contributed by atoms with E-state index >= 15 is 0 Å². The molecule has 3 rings (SSSR count). The number of amides is 1. The van der Waals surface area contributed by atoms with Crippen molar-refractivity contribution < 1.29 is 14.3 Å². The second-order valence-corrected chi connectivity index (χ2v) is 5.70. The number of aliphatic hydroxyl groups is 1. The van der Waals surface area contributed by atoms with E-state index in [2.05, 4.69) is 10.2 Å². The molecule has 0 spiro atoms. The second kappa shape index (κ2) is 5.55. The van der Waals surface area contributed by atoms with Crippen LogP contribution in [-0.4, -0.2) is 72.2 Å². The molecule has 0 radical (unpaired) electrons. The molecule has 0 saturated carbocycles. The van der Waals surface area contributed by atoms with Crippen LogP contribution in [-0.2, 0) is 0 Å². The molecule has 2 N–H and O–H groups in total. The first-order chi connectivity index (χ1) is 9.66. The molecule has 3 heterocycles. The summed E-state index contributed by atoms with van der Waals surface area (Å²) in [7, 11) is 0. The summed E-state index contributed by atoms with van der Waals surface area (Å²) in [5, 5.41) is 13.6. The van der Waals surface area contributed by atoms with E-state index in [1.807, 2.05) is 4.90 Å². The molecule has 1 unspecified atom stereocenters. The molecule has 2 fully saturated rings. The van der Waals surface area contributed by atoms with Gasteiger partial charge in [-0.1, -0.05) is 0 Å². The van der Waals surface area contributed by atoms with E-state index in [0.29, 0.717) is 31.9 Å². The van der Waals surface area contributed by atoms with Crippen molar-refractivity contribution in [2.24, 2.45) is 0 Å². The van der Waals surface area contributed by atoms with Crippen LogP contribution in [0.3, 0.4) is 0 Å². The Bertz CT molecular complexity index is 446. The summed E-state index contributed by atoms with van der Waals surface area (Å²) in [6, 6.07) is 3.42. The van der Waals surface area contributed by atoms with Gasteiger partial charge in [0.25, 0.3) is 5.91 Å². The molecule has 1 aromatic heterocycles. The van der Waals surface area contributed by atoms with Crippen LogP contribution < -0.4 is 5.32 Å². The fourth-order valence-corrected chi connectivity index (χ4v) is 2.95. The van der Waals surface area contributed by atoms with Crippen LogP contribution in [0.4, 0.5) is 0 Å². The molecule has 1 amide bonds. The number of β-amino-alcohol motifs (C(OH)–C–C–N with tert-alkyl or cyclic N) is 1. The zero-order valence-corrected chi connectivity index (χ0v) is 11.5. The highest BCUT2D eigenvalue weighted by Gasteiger charge is 2.34. The Morgan fingerprint density at radius 1 is 1.40 bits per heavy atom. The van der Waals surface area contributed by atoms with E-state index in [1.165, 1.54) is 6.26 Å². The molecule has 0 aliphatic carbocycles. The number of carbonyl (C=O) groups excluding carboxylic acids is 1. The third-order valence-corrected chi connectivity index (χ3v) is 4.13. The summed E-state index contributed by atoms with van der Waals surface area (Å²) >= 11 is 0. The first-order valence-electron chi connectivity index (χ1n) is 7.15. The Labute approximate surface area is 118 Å². The number of piperazine rings is 1. The lowest BCUT2D eigenvalue weighted by Crippen LogP contribution is -2.53. The zero-order chi connectivity index (χ0) is 14.0. The molecule has 2 saturated heterocycles. The lowest BCUT2D eigenvalue weighted by Gasteiger charge is -2.37. The van der Waals surface area contributed by atoms with Crippen molar-refractivity contribution in [1.29, 1.82) is 0 Å². The Kier molecular flexibility index (Phi) is 3.78. The van der Waals surface area contributed by atoms with E-state index in [4.69, 9.17) is 4.42 Å². The van der Waals surface area contributed by atoms with Gasteiger partial charge in [-0.05, 0) is 25.1 Å². The molecular weight excluding hydrogens is 258 g/mol. The van der Waals surface area contributed by atoms with Gasteiger partial charge in [0, 0.05) is 39.3 Å². The van der Waals surface area contributed by atoms with Crippen LogP contribution >= 0.6 is 0 Å². The molecule has 6 heteroatoms. The third-order valence-electron chi connectivity index (χ3n) is 4.13. The summed E-state index contributed by atoms with van der Waals surface area (Å²) in [5.41, 5.74) is -0.604. The lowest BCUT2D eigenvalue weighted by molar-refractivity contribution is 0.00571. The quantitative estimate of drug-likeness (QED) is 0.799. The topological polar surface area (TPSA) is 69.0 Å². The lowest BCUT2D eigenvalue weighted by atomic mass is 10.0. The van der Waals surface area contributed by atoms with Crippen molar-refractivity contribution in [3.05, 3.63) is 24.2 Å². The van der Waals surface area contributed by atoms with Gasteiger partial charge in [0.05, 0.1) is 11.9 Å². The molecule has 1 aromatic rings. The number of rotatable bonds is 3. The largest absolute Gasteiger partial charge is 0.459 e. The number of carbonyl (C=O) groups is 1. The first kappa shape index (κ1) is 13.6. The van der Waals surface area contributed by atoms with E-state index in [1.54, 1.807) is 12.1 Å². The summed E-state index contributed by atoms with van der Waals surface area (Å²) in [6.45, 7) is 5.20. The monoisotopic (exact) mass is 279 g/mol. The average molecular weight is 279 g/mol. The van der Waals surface area contributed by atoms with Crippen LogP contribution in [0.25, 0.3) is 0 Å². The van der Waals surface area contributed by atoms with E-state index < -0.39 is 5.60 Å². The fraction of sp³-hybridized carbons (Fsp3) is 0.643. The van der Waals surface area contributed by atoms with Crippen molar-refractivity contribution in [3.8, 4) is 0 Å². The number of hydrogen-bond donors (Lipinski definition) is 2. The molecule has 0 aromatic carbocycles. The fourth-order valence-electron chi connectivity index (χ4n) is 2.95. The van der Waals surface area contributed by atoms with Crippen molar-refractivity contribution in [2.45, 2.75) is 12.0 Å². The summed E-state index contributed by atoms with van der Waals surface area (Å²) in [5.74, 6) is 0.355. The van der Waals surface area contributed by atoms with Crippen LogP contribution in [0, 0.1) is 0 Å². The molecule has 20 heavy (non-hydrogen) atoms. The van der Waals surface area contributed by atoms with Crippen molar-refractivity contribution in [2.75, 3.05) is 45.8 Å². The van der Waals surface area contributed by atoms with Gasteiger partial charge >= 0.3 is 0 Å². The van der Waals surface area contributed by atoms with Gasteiger partial charge in [-0.15, -0.1) is 0 Å². The molecule has 110 valence electrons. The Morgan fingerprint density at radius 3 is 2.80 bits per heavy atom. The van der Waals surface area contributed by atoms with Gasteiger partial charge in [-0.2, -0.15) is 0 Å². The van der Waals surface area contributed by atoms with Crippen LogP contribution in [0.5, 0.6) is 0 Å². The van der Waals surface area contributed by atoms with Crippen molar-refractivity contribution >= 4 is 5.91 Å². The van der Waals surface area contributed by atoms with E-state index in [0.717, 1.165) is 26.1 Å². The highest BCUT2D eigenvalue weighted by molar-refractivity contribution is 5.91. The van der Waals surface area contributed by atoms with Gasteiger partial charge in [0.15, 0.2) is 5.76 Å². The third kappa shape index (κ3) is 2.87. The van der Waals surface area contributed by atoms with Crippen molar-refractivity contribution in [1.82, 2.24) is 15.1 Å². The van der Waals surface area contributed by atoms with Gasteiger partial charge < -0.3 is 19.7 Å². The van der Waals surface area contributed by atoms with Crippen LogP contribution in [0.15, 0.2) is 22.8 Å². The standard InChI is InChI=1S/C14H21N3O3/c18-13(12-2-1-9-20-12)17-7-5-16(6-8-17)11-14(19)3-4-15-10-14/h1-2,9,15,19H,3-8,10-11H2. The highest BCUT2D eigenvalue weighted by Crippen LogP contribution is 2.17. The SMILES string of the molecule is O=C(c1ccco1)N1CCN(CC2(O)CCNC2)CC1. The van der Waals surface area contributed by atoms with Crippen LogP contribution in [0.1, 0.15) is 17.0 Å². The maximum absolute atomic E-state index is 12.1. The second-order valence-electron chi connectivity index (χ2n) is 5.70. The first-order valence-corrected chi connectivity index (χ1v) is 7.15. The van der Waals surface area contributed by atoms with E-state index in [-0.39, 0.29) is 5.91 Å². The zero-order valence-electron chi connectivity index (χ0n) is 11.5. The minimum Gasteiger partial charge on any atom is -0.459 e. The maximum atomic E-state index is 12.1. The van der Waals surface area contributed by atoms with Gasteiger partial charge in [-0.3, -0.25) is 9.69 Å². The highest BCUT2D eigenvalue weighted by atomic mass is 16.3. The summed E-state index contributed by atoms with van der Waals surface area (Å²) in [6.07, 6.45) is 2.32. The number of nitrogens with zero attached hydrogens (tertiary/aromatic N) is 2. The predicted molar refractivity (Wildman–Crippen MR) is 73.5 cm³/mol. The van der Waals surface area contributed by atoms with E-state index in [9.17, 15) is 9.90 Å². The Hall–Kier alpha value is -1.37. The molecule has 0 bridgehead atoms. The molecule has 1 atom stereocenters. The summed E-state index contributed by atoms with van der Waals surface area (Å²) in [4.78, 5) is 16.2.